The van der Waals surface area contributed by atoms with Gasteiger partial charge >= 0.3 is 0 Å². The Balaban J connectivity index is 0.00000324. The topological polar surface area (TPSA) is 50.9 Å². The Morgan fingerprint density at radius 1 is 1.16 bits per heavy atom. The smallest absolute Gasteiger partial charge is 0.191 e. The van der Waals surface area contributed by atoms with Crippen LogP contribution in [0.4, 0.5) is 0 Å². The fourth-order valence-corrected chi connectivity index (χ4v) is 2.05. The minimum atomic E-state index is 0. The van der Waals surface area contributed by atoms with Crippen molar-refractivity contribution in [3.8, 4) is 0 Å². The lowest BCUT2D eigenvalue weighted by Crippen LogP contribution is -2.38. The molecule has 1 saturated heterocycles. The zero-order valence-electron chi connectivity index (χ0n) is 12.4. The van der Waals surface area contributed by atoms with Crippen molar-refractivity contribution >= 4 is 29.9 Å². The monoisotopic (exact) mass is 383 g/mol. The molecule has 0 aromatic carbocycles. The van der Waals surface area contributed by atoms with Crippen molar-refractivity contribution < 1.29 is 4.74 Å². The molecular weight excluding hydrogens is 353 g/mol. The van der Waals surface area contributed by atoms with Gasteiger partial charge < -0.3 is 15.4 Å². The molecule has 5 heteroatoms. The fourth-order valence-electron chi connectivity index (χ4n) is 2.05. The lowest BCUT2D eigenvalue weighted by molar-refractivity contribution is 0.130. The normalized spacial score (nSPS) is 17.2. The van der Waals surface area contributed by atoms with Gasteiger partial charge in [0.05, 0.1) is 13.2 Å². The van der Waals surface area contributed by atoms with Gasteiger partial charge in [-0.1, -0.05) is 26.7 Å². The highest BCUT2D eigenvalue weighted by atomic mass is 127. The molecule has 0 unspecified atom stereocenters. The van der Waals surface area contributed by atoms with Crippen LogP contribution in [0.15, 0.2) is 4.99 Å². The van der Waals surface area contributed by atoms with Gasteiger partial charge in [0, 0.05) is 19.7 Å². The van der Waals surface area contributed by atoms with Crippen LogP contribution in [0.3, 0.4) is 0 Å². The molecule has 0 aromatic heterocycles. The second-order valence-electron chi connectivity index (χ2n) is 5.44. The van der Waals surface area contributed by atoms with E-state index in [4.69, 9.17) is 10.5 Å². The molecule has 1 aliphatic heterocycles. The minimum absolute atomic E-state index is 0. The second kappa shape index (κ2) is 11.8. The number of hydrogen-bond donors (Lipinski definition) is 1. The Kier molecular flexibility index (Phi) is 11.7. The van der Waals surface area contributed by atoms with E-state index in [1.54, 1.807) is 0 Å². The van der Waals surface area contributed by atoms with Crippen LogP contribution in [0.1, 0.15) is 46.0 Å². The Labute approximate surface area is 135 Å². The van der Waals surface area contributed by atoms with E-state index in [0.29, 0.717) is 25.0 Å². The van der Waals surface area contributed by atoms with Crippen LogP contribution >= 0.6 is 24.0 Å². The molecule has 0 aromatic rings. The molecule has 4 nitrogen and oxygen atoms in total. The van der Waals surface area contributed by atoms with Crippen LogP contribution in [0, 0.1) is 5.92 Å². The number of aliphatic imine (C=N–C) groups is 1. The van der Waals surface area contributed by atoms with Crippen molar-refractivity contribution in [2.24, 2.45) is 16.6 Å². The molecule has 1 rings (SSSR count). The predicted molar refractivity (Wildman–Crippen MR) is 92.2 cm³/mol. The summed E-state index contributed by atoms with van der Waals surface area (Å²) in [6.45, 7) is 8.73. The van der Waals surface area contributed by atoms with Crippen molar-refractivity contribution in [1.29, 1.82) is 0 Å². The molecule has 0 radical (unpaired) electrons. The number of ether oxygens (including phenoxy) is 1. The summed E-state index contributed by atoms with van der Waals surface area (Å²) in [4.78, 5) is 6.61. The Hall–Kier alpha value is -0.0400. The Morgan fingerprint density at radius 2 is 1.79 bits per heavy atom. The van der Waals surface area contributed by atoms with Gasteiger partial charge in [-0.2, -0.15) is 0 Å². The van der Waals surface area contributed by atoms with Crippen molar-refractivity contribution in [2.75, 3.05) is 32.8 Å². The van der Waals surface area contributed by atoms with E-state index < -0.39 is 0 Å². The molecule has 1 heterocycles. The van der Waals surface area contributed by atoms with Gasteiger partial charge in [0.2, 0.25) is 0 Å². The maximum absolute atomic E-state index is 6.00. The Morgan fingerprint density at radius 3 is 2.37 bits per heavy atom. The molecular formula is C14H30IN3O. The largest absolute Gasteiger partial charge is 0.380 e. The van der Waals surface area contributed by atoms with Crippen LogP contribution < -0.4 is 5.73 Å². The van der Waals surface area contributed by atoms with E-state index in [0.717, 1.165) is 26.1 Å². The highest BCUT2D eigenvalue weighted by Crippen LogP contribution is 2.08. The average molecular weight is 383 g/mol. The summed E-state index contributed by atoms with van der Waals surface area (Å²) in [5.74, 6) is 1.40. The zero-order valence-corrected chi connectivity index (χ0v) is 14.8. The number of guanidine groups is 1. The first-order chi connectivity index (χ1) is 8.70. The maximum Gasteiger partial charge on any atom is 0.191 e. The van der Waals surface area contributed by atoms with Gasteiger partial charge in [0.25, 0.3) is 0 Å². The van der Waals surface area contributed by atoms with E-state index in [9.17, 15) is 0 Å². The third kappa shape index (κ3) is 9.49. The van der Waals surface area contributed by atoms with Crippen molar-refractivity contribution in [3.63, 3.8) is 0 Å². The fraction of sp³-hybridized carbons (Fsp3) is 0.929. The molecule has 0 spiro atoms. The molecule has 1 aliphatic rings. The number of nitrogens with zero attached hydrogens (tertiary/aromatic N) is 2. The second-order valence-corrected chi connectivity index (χ2v) is 5.44. The van der Waals surface area contributed by atoms with Crippen LogP contribution in [0.2, 0.25) is 0 Å². The van der Waals surface area contributed by atoms with E-state index in [2.05, 4.69) is 23.7 Å². The summed E-state index contributed by atoms with van der Waals surface area (Å²) >= 11 is 0. The van der Waals surface area contributed by atoms with Gasteiger partial charge in [-0.3, -0.25) is 4.99 Å². The number of halogens is 1. The molecule has 0 bridgehead atoms. The quantitative estimate of drug-likeness (QED) is 0.332. The van der Waals surface area contributed by atoms with Crippen LogP contribution in [-0.2, 0) is 4.74 Å². The summed E-state index contributed by atoms with van der Waals surface area (Å²) in [7, 11) is 0. The number of hydrogen-bond acceptors (Lipinski definition) is 2. The molecule has 1 fully saturated rings. The third-order valence-corrected chi connectivity index (χ3v) is 3.28. The van der Waals surface area contributed by atoms with Crippen LogP contribution in [-0.4, -0.2) is 43.7 Å². The van der Waals surface area contributed by atoms with Crippen LogP contribution in [0.25, 0.3) is 0 Å². The van der Waals surface area contributed by atoms with Crippen molar-refractivity contribution in [3.05, 3.63) is 0 Å². The maximum atomic E-state index is 6.00. The molecule has 0 saturated carbocycles. The van der Waals surface area contributed by atoms with Gasteiger partial charge in [0.1, 0.15) is 0 Å². The van der Waals surface area contributed by atoms with E-state index in [1.165, 1.54) is 25.7 Å². The highest BCUT2D eigenvalue weighted by Gasteiger charge is 2.10. The summed E-state index contributed by atoms with van der Waals surface area (Å²) in [6, 6.07) is 0. The van der Waals surface area contributed by atoms with Crippen molar-refractivity contribution in [2.45, 2.75) is 46.0 Å². The summed E-state index contributed by atoms with van der Waals surface area (Å²) in [5.41, 5.74) is 6.00. The average Bonchev–Trinajstić information content (AvgIpc) is 2.61. The predicted octanol–water partition coefficient (Wildman–Crippen LogP) is 2.86. The summed E-state index contributed by atoms with van der Waals surface area (Å²) < 4.78 is 5.53. The Bertz CT molecular complexity index is 239. The molecule has 0 atom stereocenters. The first kappa shape index (κ1) is 19.0. The van der Waals surface area contributed by atoms with Gasteiger partial charge in [-0.25, -0.2) is 0 Å². The molecule has 114 valence electrons. The number of likely N-dealkylation sites (tertiary alicyclic amines) is 1. The van der Waals surface area contributed by atoms with E-state index in [1.807, 2.05) is 0 Å². The number of rotatable bonds is 6. The molecule has 2 N–H and O–H groups in total. The van der Waals surface area contributed by atoms with E-state index >= 15 is 0 Å². The summed E-state index contributed by atoms with van der Waals surface area (Å²) in [6.07, 6.45) is 6.23. The van der Waals surface area contributed by atoms with Crippen molar-refractivity contribution in [1.82, 2.24) is 4.90 Å². The van der Waals surface area contributed by atoms with Gasteiger partial charge in [-0.15, -0.1) is 24.0 Å². The molecule has 0 amide bonds. The van der Waals surface area contributed by atoms with Crippen LogP contribution in [0.5, 0.6) is 0 Å². The molecule has 0 aliphatic carbocycles. The lowest BCUT2D eigenvalue weighted by Gasteiger charge is -2.21. The minimum Gasteiger partial charge on any atom is -0.380 e. The number of nitrogens with two attached hydrogens (primary N) is 1. The molecule has 19 heavy (non-hydrogen) atoms. The highest BCUT2D eigenvalue weighted by molar-refractivity contribution is 14.0. The van der Waals surface area contributed by atoms with Gasteiger partial charge in [0.15, 0.2) is 5.96 Å². The third-order valence-electron chi connectivity index (χ3n) is 3.28. The van der Waals surface area contributed by atoms with Gasteiger partial charge in [-0.05, 0) is 25.2 Å². The first-order valence-corrected chi connectivity index (χ1v) is 7.32. The first-order valence-electron chi connectivity index (χ1n) is 7.32. The van der Waals surface area contributed by atoms with E-state index in [-0.39, 0.29) is 24.0 Å². The SMILES string of the molecule is CC(C)CCOCCN=C(N)N1CCCCCC1.I. The zero-order chi connectivity index (χ0) is 13.2. The lowest BCUT2D eigenvalue weighted by atomic mass is 10.1. The standard InChI is InChI=1S/C14H29N3O.HI/c1-13(2)7-11-18-12-8-16-14(15)17-9-5-3-4-6-10-17;/h13H,3-12H2,1-2H3,(H2,15,16);1H. The summed E-state index contributed by atoms with van der Waals surface area (Å²) in [5, 5.41) is 0.